The average Bonchev–Trinajstić information content (AvgIpc) is 2.16. The monoisotopic (exact) mass is 222 g/mol. The van der Waals surface area contributed by atoms with Crippen molar-refractivity contribution in [2.45, 2.75) is 59.4 Å². The molecule has 1 aromatic heterocycles. The van der Waals surface area contributed by atoms with E-state index in [4.69, 9.17) is 0 Å². The van der Waals surface area contributed by atoms with E-state index in [0.29, 0.717) is 5.92 Å². The van der Waals surface area contributed by atoms with Crippen LogP contribution in [0.4, 0.5) is 0 Å². The summed E-state index contributed by atoms with van der Waals surface area (Å²) >= 11 is 0. The van der Waals surface area contributed by atoms with Gasteiger partial charge in [0.05, 0.1) is 11.7 Å². The summed E-state index contributed by atoms with van der Waals surface area (Å²) in [6, 6.07) is 2.07. The summed E-state index contributed by atoms with van der Waals surface area (Å²) in [5, 5.41) is 4.42. The van der Waals surface area contributed by atoms with E-state index >= 15 is 0 Å². The van der Waals surface area contributed by atoms with Crippen molar-refractivity contribution >= 4 is 0 Å². The Kier molecular flexibility index (Phi) is 3.89. The van der Waals surface area contributed by atoms with Crippen molar-refractivity contribution in [3.05, 3.63) is 27.7 Å². The van der Waals surface area contributed by atoms with E-state index in [1.165, 1.54) is 0 Å². The van der Waals surface area contributed by atoms with Gasteiger partial charge in [-0.05, 0) is 31.7 Å². The molecule has 0 aliphatic carbocycles. The topological polar surface area (TPSA) is 34.9 Å². The van der Waals surface area contributed by atoms with Crippen LogP contribution in [0, 0.1) is 0 Å². The molecule has 1 heterocycles. The zero-order valence-corrected chi connectivity index (χ0v) is 11.1. The van der Waals surface area contributed by atoms with Gasteiger partial charge in [-0.1, -0.05) is 27.7 Å². The van der Waals surface area contributed by atoms with Crippen LogP contribution in [0.1, 0.15) is 70.7 Å². The second-order valence-electron chi connectivity index (χ2n) is 5.18. The van der Waals surface area contributed by atoms with E-state index in [1.807, 2.05) is 33.8 Å². The van der Waals surface area contributed by atoms with Crippen LogP contribution in [0.3, 0.4) is 0 Å². The maximum Gasteiger partial charge on any atom is 0.270 e. The van der Waals surface area contributed by atoms with Gasteiger partial charge in [-0.25, -0.2) is 4.68 Å². The maximum atomic E-state index is 12.1. The number of hydrogen-bond acceptors (Lipinski definition) is 2. The second-order valence-corrected chi connectivity index (χ2v) is 5.18. The van der Waals surface area contributed by atoms with Crippen LogP contribution < -0.4 is 5.56 Å². The number of rotatable bonds is 3. The third-order valence-electron chi connectivity index (χ3n) is 2.68. The van der Waals surface area contributed by atoms with Crippen molar-refractivity contribution in [2.24, 2.45) is 0 Å². The number of hydrogen-bond donors (Lipinski definition) is 0. The number of aromatic nitrogens is 2. The first kappa shape index (κ1) is 12.9. The lowest BCUT2D eigenvalue weighted by atomic mass is 10.0. The summed E-state index contributed by atoms with van der Waals surface area (Å²) in [5.41, 5.74) is 1.92. The molecule has 0 aliphatic heterocycles. The Hall–Kier alpha value is -1.12. The summed E-state index contributed by atoms with van der Waals surface area (Å²) in [5.74, 6) is 0.598. The molecule has 0 aliphatic rings. The molecule has 0 bridgehead atoms. The molecule has 3 nitrogen and oxygen atoms in total. The summed E-state index contributed by atoms with van der Waals surface area (Å²) in [4.78, 5) is 12.1. The predicted octanol–water partition coefficient (Wildman–Crippen LogP) is 3.07. The largest absolute Gasteiger partial charge is 0.270 e. The fraction of sp³-hybridized carbons (Fsp3) is 0.692. The average molecular weight is 222 g/mol. The fourth-order valence-electron chi connectivity index (χ4n) is 1.60. The van der Waals surface area contributed by atoms with E-state index in [1.54, 1.807) is 4.68 Å². The highest BCUT2D eigenvalue weighted by atomic mass is 16.1. The van der Waals surface area contributed by atoms with Crippen molar-refractivity contribution < 1.29 is 0 Å². The van der Waals surface area contributed by atoms with E-state index in [0.717, 1.165) is 11.3 Å². The summed E-state index contributed by atoms with van der Waals surface area (Å²) < 4.78 is 1.60. The minimum Gasteiger partial charge on any atom is -0.267 e. The maximum absolute atomic E-state index is 12.1. The fourth-order valence-corrected chi connectivity index (χ4v) is 1.60. The van der Waals surface area contributed by atoms with Crippen LogP contribution in [-0.4, -0.2) is 9.78 Å². The van der Waals surface area contributed by atoms with Crippen LogP contribution in [0.2, 0.25) is 0 Å². The van der Waals surface area contributed by atoms with Crippen molar-refractivity contribution in [1.82, 2.24) is 9.78 Å². The van der Waals surface area contributed by atoms with Gasteiger partial charge in [0.15, 0.2) is 0 Å². The molecule has 0 aromatic carbocycles. The molecular weight excluding hydrogens is 200 g/mol. The molecule has 0 fully saturated rings. The number of nitrogens with zero attached hydrogens (tertiary/aromatic N) is 2. The van der Waals surface area contributed by atoms with Gasteiger partial charge in [-0.15, -0.1) is 0 Å². The van der Waals surface area contributed by atoms with E-state index in [2.05, 4.69) is 18.9 Å². The van der Waals surface area contributed by atoms with Crippen LogP contribution in [0.5, 0.6) is 0 Å². The summed E-state index contributed by atoms with van der Waals surface area (Å²) in [7, 11) is 0. The summed E-state index contributed by atoms with van der Waals surface area (Å²) in [6.07, 6.45) is 0. The Balaban J connectivity index is 3.46. The zero-order chi connectivity index (χ0) is 12.5. The lowest BCUT2D eigenvalue weighted by molar-refractivity contribution is 0.481. The van der Waals surface area contributed by atoms with Crippen molar-refractivity contribution in [1.29, 1.82) is 0 Å². The molecule has 0 radical (unpaired) electrons. The molecule has 0 spiro atoms. The van der Waals surface area contributed by atoms with Crippen LogP contribution in [-0.2, 0) is 0 Å². The molecule has 90 valence electrons. The van der Waals surface area contributed by atoms with E-state index in [9.17, 15) is 4.79 Å². The molecule has 1 aromatic rings. The molecule has 16 heavy (non-hydrogen) atoms. The first-order chi connectivity index (χ1) is 7.34. The Bertz CT molecular complexity index is 384. The summed E-state index contributed by atoms with van der Waals surface area (Å²) in [6.45, 7) is 12.3. The van der Waals surface area contributed by atoms with Crippen LogP contribution in [0.15, 0.2) is 10.9 Å². The van der Waals surface area contributed by atoms with E-state index in [-0.39, 0.29) is 17.5 Å². The highest BCUT2D eigenvalue weighted by molar-refractivity contribution is 5.19. The lowest BCUT2D eigenvalue weighted by Gasteiger charge is -2.16. The first-order valence-corrected chi connectivity index (χ1v) is 5.98. The van der Waals surface area contributed by atoms with Gasteiger partial charge in [0.25, 0.3) is 5.56 Å². The third-order valence-corrected chi connectivity index (χ3v) is 2.68. The smallest absolute Gasteiger partial charge is 0.267 e. The molecule has 0 N–H and O–H groups in total. The van der Waals surface area contributed by atoms with Gasteiger partial charge < -0.3 is 0 Å². The molecule has 0 saturated carbocycles. The molecule has 0 unspecified atom stereocenters. The highest BCUT2D eigenvalue weighted by Crippen LogP contribution is 2.16. The third kappa shape index (κ3) is 2.52. The molecular formula is C13H22N2O. The molecule has 0 atom stereocenters. The Labute approximate surface area is 97.5 Å². The highest BCUT2D eigenvalue weighted by Gasteiger charge is 2.14. The molecule has 0 amide bonds. The first-order valence-electron chi connectivity index (χ1n) is 5.98. The van der Waals surface area contributed by atoms with Gasteiger partial charge in [0.1, 0.15) is 0 Å². The van der Waals surface area contributed by atoms with Crippen molar-refractivity contribution in [2.75, 3.05) is 0 Å². The lowest BCUT2D eigenvalue weighted by Crippen LogP contribution is -2.29. The molecule has 0 saturated heterocycles. The molecule has 3 heteroatoms. The predicted molar refractivity (Wildman–Crippen MR) is 67.1 cm³/mol. The van der Waals surface area contributed by atoms with E-state index < -0.39 is 0 Å². The van der Waals surface area contributed by atoms with Gasteiger partial charge in [0.2, 0.25) is 0 Å². The van der Waals surface area contributed by atoms with Gasteiger partial charge >= 0.3 is 0 Å². The standard InChI is InChI=1S/C13H22N2O/c1-8(2)11-7-12(9(3)4)14-15(10(5)6)13(11)16/h7-10H,1-6H3. The van der Waals surface area contributed by atoms with Crippen LogP contribution >= 0.6 is 0 Å². The van der Waals surface area contributed by atoms with Gasteiger partial charge in [-0.3, -0.25) is 4.79 Å². The van der Waals surface area contributed by atoms with Crippen molar-refractivity contribution in [3.63, 3.8) is 0 Å². The van der Waals surface area contributed by atoms with Crippen molar-refractivity contribution in [3.8, 4) is 0 Å². The van der Waals surface area contributed by atoms with Gasteiger partial charge in [0, 0.05) is 5.56 Å². The van der Waals surface area contributed by atoms with Gasteiger partial charge in [-0.2, -0.15) is 5.10 Å². The Morgan fingerprint density at radius 1 is 1.06 bits per heavy atom. The molecule has 1 rings (SSSR count). The Morgan fingerprint density at radius 2 is 1.62 bits per heavy atom. The zero-order valence-electron chi connectivity index (χ0n) is 11.1. The minimum atomic E-state index is 0.0504. The SMILES string of the molecule is CC(C)c1cc(C(C)C)c(=O)n(C(C)C)n1. The normalized spacial score (nSPS) is 11.8. The Morgan fingerprint density at radius 3 is 2.00 bits per heavy atom. The minimum absolute atomic E-state index is 0.0504. The van der Waals surface area contributed by atoms with Crippen LogP contribution in [0.25, 0.3) is 0 Å². The second kappa shape index (κ2) is 4.81. The quantitative estimate of drug-likeness (QED) is 0.787.